The maximum atomic E-state index is 14.2. The number of para-hydroxylation sites is 1. The van der Waals surface area contributed by atoms with Gasteiger partial charge in [0.05, 0.1) is 24.7 Å². The number of nitrogens with one attached hydrogen (secondary N) is 2. The summed E-state index contributed by atoms with van der Waals surface area (Å²) in [4.78, 5) is 15.2. The van der Waals surface area contributed by atoms with Crippen molar-refractivity contribution in [1.82, 2.24) is 25.1 Å². The van der Waals surface area contributed by atoms with Crippen LogP contribution in [0.15, 0.2) is 72.5 Å². The molecular formula is C30H31F2N9. The highest BCUT2D eigenvalue weighted by atomic mass is 19.1. The Morgan fingerprint density at radius 2 is 2.00 bits per heavy atom. The van der Waals surface area contributed by atoms with Crippen LogP contribution in [0, 0.1) is 35.8 Å². The van der Waals surface area contributed by atoms with Crippen molar-refractivity contribution in [3.8, 4) is 6.07 Å². The van der Waals surface area contributed by atoms with Crippen LogP contribution in [0.4, 0.5) is 26.1 Å². The fourth-order valence-corrected chi connectivity index (χ4v) is 5.40. The Kier molecular flexibility index (Phi) is 8.19. The van der Waals surface area contributed by atoms with Crippen molar-refractivity contribution >= 4 is 28.7 Å². The fourth-order valence-electron chi connectivity index (χ4n) is 5.40. The van der Waals surface area contributed by atoms with Gasteiger partial charge in [-0.2, -0.15) is 10.4 Å². The monoisotopic (exact) mass is 555 g/mol. The number of aromatic nitrogens is 4. The van der Waals surface area contributed by atoms with Gasteiger partial charge < -0.3 is 15.5 Å². The van der Waals surface area contributed by atoms with Crippen LogP contribution in [-0.4, -0.2) is 38.7 Å². The fraction of sp³-hybridized carbons (Fsp3) is 0.300. The lowest BCUT2D eigenvalue weighted by atomic mass is 9.87. The first-order valence-electron chi connectivity index (χ1n) is 13.4. The molecular weight excluding hydrogens is 524 g/mol. The molecule has 0 radical (unpaired) electrons. The Bertz CT molecular complexity index is 1550. The van der Waals surface area contributed by atoms with Crippen LogP contribution >= 0.6 is 0 Å². The van der Waals surface area contributed by atoms with E-state index in [1.54, 1.807) is 12.4 Å². The lowest BCUT2D eigenvalue weighted by Gasteiger charge is -2.36. The number of aliphatic imine (C=N–C) groups is 1. The number of hydrogen-bond acceptors (Lipinski definition) is 8. The largest absolute Gasteiger partial charge is 0.356 e. The predicted molar refractivity (Wildman–Crippen MR) is 155 cm³/mol. The van der Waals surface area contributed by atoms with E-state index in [9.17, 15) is 14.0 Å². The zero-order valence-corrected chi connectivity index (χ0v) is 23.0. The molecule has 0 saturated carbocycles. The Morgan fingerprint density at radius 1 is 1.24 bits per heavy atom. The number of anilines is 3. The first-order chi connectivity index (χ1) is 19.9. The van der Waals surface area contributed by atoms with Crippen LogP contribution in [0.1, 0.15) is 43.4 Å². The Labute approximate surface area is 237 Å². The van der Waals surface area contributed by atoms with E-state index >= 15 is 0 Å². The molecule has 2 aliphatic heterocycles. The van der Waals surface area contributed by atoms with Crippen LogP contribution in [0.2, 0.25) is 0 Å². The molecule has 0 amide bonds. The third-order valence-corrected chi connectivity index (χ3v) is 7.66. The van der Waals surface area contributed by atoms with Gasteiger partial charge in [0.1, 0.15) is 41.1 Å². The molecule has 11 heteroatoms. The molecule has 3 aromatic rings. The van der Waals surface area contributed by atoms with Gasteiger partial charge >= 0.3 is 0 Å². The van der Waals surface area contributed by atoms with E-state index in [0.717, 1.165) is 35.4 Å². The molecule has 1 atom stereocenters. The Balaban J connectivity index is 1.30. The second-order valence-electron chi connectivity index (χ2n) is 10.0. The highest BCUT2D eigenvalue weighted by Gasteiger charge is 2.30. The van der Waals surface area contributed by atoms with Crippen LogP contribution in [0.25, 0.3) is 5.57 Å². The van der Waals surface area contributed by atoms with Gasteiger partial charge in [-0.3, -0.25) is 4.68 Å². The second-order valence-corrected chi connectivity index (χ2v) is 10.0. The average molecular weight is 556 g/mol. The lowest BCUT2D eigenvalue weighted by Crippen LogP contribution is -2.37. The summed E-state index contributed by atoms with van der Waals surface area (Å²) >= 11 is 0. The summed E-state index contributed by atoms with van der Waals surface area (Å²) in [5.74, 6) is 0.667. The van der Waals surface area contributed by atoms with Gasteiger partial charge in [0.25, 0.3) is 0 Å². The van der Waals surface area contributed by atoms with Crippen LogP contribution < -0.4 is 15.5 Å². The predicted octanol–water partition coefficient (Wildman–Crippen LogP) is 5.81. The number of amidine groups is 1. The molecule has 2 aromatic heterocycles. The van der Waals surface area contributed by atoms with E-state index in [0.29, 0.717) is 36.7 Å². The number of nitrogens with zero attached hydrogens (tertiary/aromatic N) is 7. The summed E-state index contributed by atoms with van der Waals surface area (Å²) in [5.41, 5.74) is 3.43. The normalized spacial score (nSPS) is 17.1. The van der Waals surface area contributed by atoms with E-state index in [2.05, 4.69) is 48.2 Å². The zero-order valence-electron chi connectivity index (χ0n) is 23.0. The number of rotatable bonds is 8. The average Bonchev–Trinajstić information content (AvgIpc) is 3.65. The maximum absolute atomic E-state index is 14.2. The summed E-state index contributed by atoms with van der Waals surface area (Å²) in [7, 11) is 0. The summed E-state index contributed by atoms with van der Waals surface area (Å²) in [6.07, 6.45) is 12.5. The second kappa shape index (κ2) is 12.1. The van der Waals surface area contributed by atoms with Crippen molar-refractivity contribution in [2.45, 2.75) is 39.2 Å². The molecule has 0 aliphatic carbocycles. The standard InChI is InChI=1S/C30H31F2N9/c1-4-34-29-23(9-13-35-29)19(2)22-16-38-41(17-22)26(8-12-33)21-10-14-40(15-11-21)30-20(3)28(36-18-37-30)39-27-24(31)6-5-7-25(27)32/h4-7,9,13,16-18,21,26H,1,8,10-11,14-15H2,2-3H3,(H,34,35)(H,36,37,39)/b23-19+. The lowest BCUT2D eigenvalue weighted by molar-refractivity contribution is 0.260. The van der Waals surface area contributed by atoms with Gasteiger partial charge in [-0.25, -0.2) is 23.7 Å². The van der Waals surface area contributed by atoms with Crippen LogP contribution in [-0.2, 0) is 0 Å². The minimum atomic E-state index is -0.691. The summed E-state index contributed by atoms with van der Waals surface area (Å²) in [6.45, 7) is 9.01. The number of benzene rings is 1. The van der Waals surface area contributed by atoms with Gasteiger partial charge in [-0.1, -0.05) is 12.6 Å². The van der Waals surface area contributed by atoms with Crippen molar-refractivity contribution in [2.24, 2.45) is 10.9 Å². The molecule has 1 fully saturated rings. The molecule has 1 saturated heterocycles. The molecule has 2 N–H and O–H groups in total. The molecule has 0 spiro atoms. The van der Waals surface area contributed by atoms with E-state index < -0.39 is 11.6 Å². The minimum absolute atomic E-state index is 0.0694. The highest BCUT2D eigenvalue weighted by molar-refractivity contribution is 6.09. The molecule has 0 bridgehead atoms. The van der Waals surface area contributed by atoms with Gasteiger partial charge in [0.2, 0.25) is 0 Å². The minimum Gasteiger partial charge on any atom is -0.356 e. The Morgan fingerprint density at radius 3 is 2.71 bits per heavy atom. The third kappa shape index (κ3) is 5.72. The molecule has 1 unspecified atom stereocenters. The molecule has 2 aliphatic rings. The van der Waals surface area contributed by atoms with E-state index in [-0.39, 0.29) is 17.6 Å². The van der Waals surface area contributed by atoms with Crippen molar-refractivity contribution in [2.75, 3.05) is 23.3 Å². The molecule has 5 rings (SSSR count). The molecule has 41 heavy (non-hydrogen) atoms. The Hall–Kier alpha value is -4.85. The smallest absolute Gasteiger partial charge is 0.149 e. The van der Waals surface area contributed by atoms with Crippen molar-refractivity contribution < 1.29 is 8.78 Å². The van der Waals surface area contributed by atoms with E-state index in [4.69, 9.17) is 0 Å². The van der Waals surface area contributed by atoms with Gasteiger partial charge in [0, 0.05) is 42.2 Å². The van der Waals surface area contributed by atoms with E-state index in [1.807, 2.05) is 37.0 Å². The zero-order chi connectivity index (χ0) is 28.9. The van der Waals surface area contributed by atoms with Gasteiger partial charge in [-0.05, 0) is 62.6 Å². The molecule has 4 heterocycles. The highest BCUT2D eigenvalue weighted by Crippen LogP contribution is 2.35. The quantitative estimate of drug-likeness (QED) is 0.361. The number of halogens is 2. The van der Waals surface area contributed by atoms with E-state index in [1.165, 1.54) is 24.5 Å². The third-order valence-electron chi connectivity index (χ3n) is 7.66. The SMILES string of the molecule is C=CNC1=NC=C/C1=C(/C)c1cnn(C(CC#N)C2CCN(c3ncnc(Nc4c(F)cccc4F)c3C)CC2)c1. The van der Waals surface area contributed by atoms with Crippen molar-refractivity contribution in [1.29, 1.82) is 5.26 Å². The number of hydrogen-bond donors (Lipinski definition) is 2. The van der Waals surface area contributed by atoms with Crippen LogP contribution in [0.3, 0.4) is 0 Å². The van der Waals surface area contributed by atoms with Gasteiger partial charge in [0.15, 0.2) is 0 Å². The summed E-state index contributed by atoms with van der Waals surface area (Å²) < 4.78 is 30.3. The number of piperidine rings is 1. The number of allylic oxidation sites excluding steroid dienone is 1. The molecule has 9 nitrogen and oxygen atoms in total. The molecule has 210 valence electrons. The number of nitriles is 1. The van der Waals surface area contributed by atoms with Crippen LogP contribution in [0.5, 0.6) is 0 Å². The maximum Gasteiger partial charge on any atom is 0.149 e. The molecule has 1 aromatic carbocycles. The summed E-state index contributed by atoms with van der Waals surface area (Å²) in [6, 6.07) is 5.99. The van der Waals surface area contributed by atoms with Crippen molar-refractivity contribution in [3.05, 3.63) is 90.3 Å². The van der Waals surface area contributed by atoms with Crippen molar-refractivity contribution in [3.63, 3.8) is 0 Å². The summed E-state index contributed by atoms with van der Waals surface area (Å²) in [5, 5.41) is 20.1. The first kappa shape index (κ1) is 27.7. The topological polar surface area (TPSA) is 107 Å². The first-order valence-corrected chi connectivity index (χ1v) is 13.4. The van der Waals surface area contributed by atoms with Gasteiger partial charge in [-0.15, -0.1) is 0 Å².